The maximum Gasteiger partial charge on any atom is 0.222 e. The molecule has 1 unspecified atom stereocenters. The minimum Gasteiger partial charge on any atom is -0.345 e. The van der Waals surface area contributed by atoms with Crippen LogP contribution >= 0.6 is 11.6 Å². The highest BCUT2D eigenvalue weighted by Crippen LogP contribution is 2.18. The van der Waals surface area contributed by atoms with Crippen LogP contribution in [0.1, 0.15) is 12.0 Å². The fraction of sp³-hybridized carbons (Fsp3) is 0.462. The van der Waals surface area contributed by atoms with E-state index in [0.29, 0.717) is 23.6 Å². The average molecular weight is 317 g/mol. The standard InChI is InChI=1S/C13H17ClN2O3S/c1-16-8-10(6-13(16)17)7-15-20(18,19)9-11-4-2-3-5-12(11)14/h2-5,10,15H,6-9H2,1H3. The third-order valence-electron chi connectivity index (χ3n) is 3.32. The zero-order valence-electron chi connectivity index (χ0n) is 11.2. The van der Waals surface area contributed by atoms with Gasteiger partial charge in [-0.05, 0) is 17.5 Å². The number of likely N-dealkylation sites (tertiary alicyclic amines) is 1. The van der Waals surface area contributed by atoms with Crippen LogP contribution in [0.3, 0.4) is 0 Å². The number of amides is 1. The van der Waals surface area contributed by atoms with Gasteiger partial charge in [0, 0.05) is 31.6 Å². The zero-order valence-corrected chi connectivity index (χ0v) is 12.7. The number of carbonyl (C=O) groups excluding carboxylic acids is 1. The van der Waals surface area contributed by atoms with Crippen molar-refractivity contribution >= 4 is 27.5 Å². The van der Waals surface area contributed by atoms with Crippen LogP contribution in [-0.2, 0) is 20.6 Å². The molecule has 1 amide bonds. The van der Waals surface area contributed by atoms with Crippen molar-refractivity contribution in [2.45, 2.75) is 12.2 Å². The van der Waals surface area contributed by atoms with Crippen molar-refractivity contribution in [3.63, 3.8) is 0 Å². The van der Waals surface area contributed by atoms with E-state index in [1.807, 2.05) is 0 Å². The summed E-state index contributed by atoms with van der Waals surface area (Å²) in [6.45, 7) is 0.871. The SMILES string of the molecule is CN1CC(CNS(=O)(=O)Cc2ccccc2Cl)CC1=O. The summed E-state index contributed by atoms with van der Waals surface area (Å²) in [6.07, 6.45) is 0.394. The van der Waals surface area contributed by atoms with Gasteiger partial charge in [-0.25, -0.2) is 13.1 Å². The molecule has 1 fully saturated rings. The molecule has 7 heteroatoms. The average Bonchev–Trinajstić information content (AvgIpc) is 2.69. The van der Waals surface area contributed by atoms with E-state index in [-0.39, 0.29) is 24.1 Å². The van der Waals surface area contributed by atoms with Crippen LogP contribution in [0.2, 0.25) is 5.02 Å². The van der Waals surface area contributed by atoms with Crippen molar-refractivity contribution in [1.82, 2.24) is 9.62 Å². The Hall–Kier alpha value is -1.11. The first kappa shape index (κ1) is 15.3. The number of hydrogen-bond acceptors (Lipinski definition) is 3. The van der Waals surface area contributed by atoms with Crippen molar-refractivity contribution in [2.24, 2.45) is 5.92 Å². The number of nitrogens with one attached hydrogen (secondary N) is 1. The minimum absolute atomic E-state index is 0.0357. The molecule has 0 aliphatic carbocycles. The van der Waals surface area contributed by atoms with Crippen LogP contribution in [0.5, 0.6) is 0 Å². The van der Waals surface area contributed by atoms with E-state index in [4.69, 9.17) is 11.6 Å². The van der Waals surface area contributed by atoms with E-state index in [1.165, 1.54) is 0 Å². The number of sulfonamides is 1. The lowest BCUT2D eigenvalue weighted by molar-refractivity contribution is -0.126. The van der Waals surface area contributed by atoms with Gasteiger partial charge in [0.05, 0.1) is 5.75 Å². The van der Waals surface area contributed by atoms with Gasteiger partial charge in [-0.2, -0.15) is 0 Å². The van der Waals surface area contributed by atoms with Gasteiger partial charge in [-0.3, -0.25) is 4.79 Å². The van der Waals surface area contributed by atoms with Gasteiger partial charge in [0.25, 0.3) is 0 Å². The molecular formula is C13H17ClN2O3S. The van der Waals surface area contributed by atoms with Gasteiger partial charge in [-0.1, -0.05) is 29.8 Å². The Bertz CT molecular complexity index is 603. The maximum absolute atomic E-state index is 12.0. The minimum atomic E-state index is -3.44. The molecule has 2 rings (SSSR count). The first-order valence-corrected chi connectivity index (χ1v) is 8.35. The smallest absolute Gasteiger partial charge is 0.222 e. The number of benzene rings is 1. The molecule has 1 heterocycles. The Morgan fingerprint density at radius 3 is 2.70 bits per heavy atom. The van der Waals surface area contributed by atoms with Crippen molar-refractivity contribution in [3.05, 3.63) is 34.9 Å². The Balaban J connectivity index is 1.92. The molecule has 1 saturated heterocycles. The highest BCUT2D eigenvalue weighted by Gasteiger charge is 2.27. The molecule has 0 saturated carbocycles. The number of nitrogens with zero attached hydrogens (tertiary/aromatic N) is 1. The lowest BCUT2D eigenvalue weighted by Crippen LogP contribution is -2.31. The van der Waals surface area contributed by atoms with Gasteiger partial charge in [0.1, 0.15) is 0 Å². The van der Waals surface area contributed by atoms with Crippen LogP contribution in [0, 0.1) is 5.92 Å². The summed E-state index contributed by atoms with van der Waals surface area (Å²) >= 11 is 5.95. The van der Waals surface area contributed by atoms with Gasteiger partial charge in [0.15, 0.2) is 0 Å². The monoisotopic (exact) mass is 316 g/mol. The second kappa shape index (κ2) is 6.11. The predicted molar refractivity (Wildman–Crippen MR) is 77.8 cm³/mol. The highest BCUT2D eigenvalue weighted by atomic mass is 35.5. The van der Waals surface area contributed by atoms with Gasteiger partial charge >= 0.3 is 0 Å². The summed E-state index contributed by atoms with van der Waals surface area (Å²) < 4.78 is 26.6. The fourth-order valence-electron chi connectivity index (χ4n) is 2.21. The summed E-state index contributed by atoms with van der Waals surface area (Å²) in [5.74, 6) is -0.0581. The van der Waals surface area contributed by atoms with Crippen LogP contribution in [-0.4, -0.2) is 39.4 Å². The molecule has 0 bridgehead atoms. The molecule has 5 nitrogen and oxygen atoms in total. The zero-order chi connectivity index (χ0) is 14.8. The predicted octanol–water partition coefficient (Wildman–Crippen LogP) is 1.24. The Kier molecular flexibility index (Phi) is 4.67. The van der Waals surface area contributed by atoms with E-state index in [1.54, 1.807) is 36.2 Å². The molecule has 1 aliphatic heterocycles. The second-order valence-electron chi connectivity index (χ2n) is 5.04. The van der Waals surface area contributed by atoms with Crippen LogP contribution in [0.4, 0.5) is 0 Å². The quantitative estimate of drug-likeness (QED) is 0.888. The van der Waals surface area contributed by atoms with Crippen molar-refractivity contribution in [3.8, 4) is 0 Å². The molecule has 0 aromatic heterocycles. The van der Waals surface area contributed by atoms with Crippen LogP contribution < -0.4 is 4.72 Å². The van der Waals surface area contributed by atoms with Crippen LogP contribution in [0.15, 0.2) is 24.3 Å². The van der Waals surface area contributed by atoms with Gasteiger partial charge < -0.3 is 4.90 Å². The van der Waals surface area contributed by atoms with Crippen molar-refractivity contribution < 1.29 is 13.2 Å². The topological polar surface area (TPSA) is 66.5 Å². The fourth-order valence-corrected chi connectivity index (χ4v) is 3.74. The van der Waals surface area contributed by atoms with Gasteiger partial charge in [0.2, 0.25) is 15.9 Å². The first-order valence-electron chi connectivity index (χ1n) is 6.32. The third kappa shape index (κ3) is 3.94. The Labute approximate surface area is 124 Å². The second-order valence-corrected chi connectivity index (χ2v) is 7.26. The molecule has 1 aromatic rings. The van der Waals surface area contributed by atoms with Crippen LogP contribution in [0.25, 0.3) is 0 Å². The molecule has 0 radical (unpaired) electrons. The largest absolute Gasteiger partial charge is 0.345 e. The van der Waals surface area contributed by atoms with Gasteiger partial charge in [-0.15, -0.1) is 0 Å². The van der Waals surface area contributed by atoms with E-state index in [0.717, 1.165) is 0 Å². The lowest BCUT2D eigenvalue weighted by atomic mass is 10.1. The molecule has 20 heavy (non-hydrogen) atoms. The molecule has 0 spiro atoms. The van der Waals surface area contributed by atoms with E-state index in [9.17, 15) is 13.2 Å². The molecular weight excluding hydrogens is 300 g/mol. The molecule has 1 aliphatic rings. The summed E-state index contributed by atoms with van der Waals surface area (Å²) in [4.78, 5) is 13.0. The number of rotatable bonds is 5. The third-order valence-corrected chi connectivity index (χ3v) is 4.98. The van der Waals surface area contributed by atoms with Crippen molar-refractivity contribution in [2.75, 3.05) is 20.1 Å². The number of carbonyl (C=O) groups is 1. The Morgan fingerprint density at radius 1 is 1.40 bits per heavy atom. The maximum atomic E-state index is 12.0. The lowest BCUT2D eigenvalue weighted by Gasteiger charge is -2.12. The molecule has 1 aromatic carbocycles. The summed E-state index contributed by atoms with van der Waals surface area (Å²) in [5.41, 5.74) is 0.571. The summed E-state index contributed by atoms with van der Waals surface area (Å²) in [6, 6.07) is 6.86. The molecule has 1 N–H and O–H groups in total. The van der Waals surface area contributed by atoms with E-state index < -0.39 is 10.0 Å². The number of halogens is 1. The molecule has 110 valence electrons. The van der Waals surface area contributed by atoms with E-state index in [2.05, 4.69) is 4.72 Å². The first-order chi connectivity index (χ1) is 9.37. The highest BCUT2D eigenvalue weighted by molar-refractivity contribution is 7.88. The number of hydrogen-bond donors (Lipinski definition) is 1. The Morgan fingerprint density at radius 2 is 2.10 bits per heavy atom. The van der Waals surface area contributed by atoms with Crippen molar-refractivity contribution in [1.29, 1.82) is 0 Å². The normalized spacial score (nSPS) is 19.6. The summed E-state index contributed by atoms with van der Waals surface area (Å²) in [7, 11) is -1.72. The van der Waals surface area contributed by atoms with E-state index >= 15 is 0 Å². The molecule has 1 atom stereocenters. The summed E-state index contributed by atoms with van der Waals surface area (Å²) in [5, 5.41) is 0.439.